The van der Waals surface area contributed by atoms with Crippen molar-refractivity contribution in [2.45, 2.75) is 19.4 Å². The Morgan fingerprint density at radius 1 is 1.14 bits per heavy atom. The number of benzene rings is 2. The largest absolute Gasteiger partial charge is 0.489 e. The van der Waals surface area contributed by atoms with E-state index < -0.39 is 5.97 Å². The number of carboxylic acid groups (broad SMARTS) is 1. The van der Waals surface area contributed by atoms with E-state index in [9.17, 15) is 4.79 Å². The van der Waals surface area contributed by atoms with Crippen molar-refractivity contribution >= 4 is 11.5 Å². The molecule has 0 saturated heterocycles. The second-order valence-corrected chi connectivity index (χ2v) is 5.10. The van der Waals surface area contributed by atoms with Gasteiger partial charge in [0.2, 0.25) is 0 Å². The van der Waals surface area contributed by atoms with Gasteiger partial charge in [-0.25, -0.2) is 4.79 Å². The third-order valence-electron chi connectivity index (χ3n) is 3.64. The van der Waals surface area contributed by atoms with E-state index in [1.54, 1.807) is 0 Å². The van der Waals surface area contributed by atoms with Crippen LogP contribution in [-0.2, 0) is 17.8 Å². The molecule has 0 fully saturated rings. The first-order valence-electron chi connectivity index (χ1n) is 6.96. The first-order valence-corrected chi connectivity index (χ1v) is 6.96. The molecule has 0 amide bonds. The summed E-state index contributed by atoms with van der Waals surface area (Å²) in [4.78, 5) is 10.9. The Hall–Kier alpha value is -2.55. The summed E-state index contributed by atoms with van der Waals surface area (Å²) in [7, 11) is 0. The van der Waals surface area contributed by atoms with E-state index in [1.165, 1.54) is 11.6 Å². The Kier molecular flexibility index (Phi) is 3.73. The number of hydrogen-bond acceptors (Lipinski definition) is 2. The first-order chi connectivity index (χ1) is 10.2. The fourth-order valence-corrected chi connectivity index (χ4v) is 2.61. The van der Waals surface area contributed by atoms with Gasteiger partial charge in [0.1, 0.15) is 12.4 Å². The molecule has 1 aliphatic carbocycles. The fraction of sp³-hybridized carbons (Fsp3) is 0.167. The predicted molar refractivity (Wildman–Crippen MR) is 81.1 cm³/mol. The van der Waals surface area contributed by atoms with Crippen LogP contribution in [0.2, 0.25) is 0 Å². The lowest BCUT2D eigenvalue weighted by Crippen LogP contribution is -1.96. The molecule has 2 aromatic carbocycles. The van der Waals surface area contributed by atoms with Crippen LogP contribution in [0.1, 0.15) is 23.1 Å². The number of fused-ring (bicyclic) bond motifs is 1. The lowest BCUT2D eigenvalue weighted by Gasteiger charge is -2.08. The topological polar surface area (TPSA) is 46.5 Å². The summed E-state index contributed by atoms with van der Waals surface area (Å²) in [5.41, 5.74) is 4.18. The van der Waals surface area contributed by atoms with Crippen molar-refractivity contribution in [1.82, 2.24) is 0 Å². The highest BCUT2D eigenvalue weighted by atomic mass is 16.5. The Labute approximate surface area is 123 Å². The third kappa shape index (κ3) is 3.14. The van der Waals surface area contributed by atoms with E-state index in [-0.39, 0.29) is 0 Å². The molecular formula is C18H16O3. The van der Waals surface area contributed by atoms with Crippen LogP contribution in [0.15, 0.2) is 54.6 Å². The predicted octanol–water partition coefficient (Wildman–Crippen LogP) is 3.68. The molecule has 0 heterocycles. The monoisotopic (exact) mass is 280 g/mol. The number of aliphatic carboxylic acids is 1. The van der Waals surface area contributed by atoms with Crippen LogP contribution in [0.5, 0.6) is 5.75 Å². The lowest BCUT2D eigenvalue weighted by atomic mass is 10.1. The minimum Gasteiger partial charge on any atom is -0.489 e. The Morgan fingerprint density at radius 3 is 2.71 bits per heavy atom. The summed E-state index contributed by atoms with van der Waals surface area (Å²) >= 11 is 0. The van der Waals surface area contributed by atoms with Crippen LogP contribution in [0.25, 0.3) is 5.57 Å². The zero-order valence-corrected chi connectivity index (χ0v) is 11.6. The lowest BCUT2D eigenvalue weighted by molar-refractivity contribution is -0.131. The van der Waals surface area contributed by atoms with Crippen molar-refractivity contribution in [3.8, 4) is 5.75 Å². The Balaban J connectivity index is 1.78. The number of allylic oxidation sites excluding steroid dienone is 1. The molecule has 0 unspecified atom stereocenters. The van der Waals surface area contributed by atoms with Crippen LogP contribution < -0.4 is 4.74 Å². The van der Waals surface area contributed by atoms with Gasteiger partial charge in [-0.05, 0) is 47.2 Å². The van der Waals surface area contributed by atoms with Gasteiger partial charge < -0.3 is 9.84 Å². The van der Waals surface area contributed by atoms with Gasteiger partial charge in [0.25, 0.3) is 0 Å². The third-order valence-corrected chi connectivity index (χ3v) is 3.64. The van der Waals surface area contributed by atoms with Crippen LogP contribution >= 0.6 is 0 Å². The molecule has 0 bridgehead atoms. The molecule has 106 valence electrons. The minimum atomic E-state index is -0.895. The van der Waals surface area contributed by atoms with Crippen molar-refractivity contribution in [2.24, 2.45) is 0 Å². The van der Waals surface area contributed by atoms with Crippen LogP contribution in [-0.4, -0.2) is 11.1 Å². The summed E-state index contributed by atoms with van der Waals surface area (Å²) < 4.78 is 5.80. The zero-order valence-electron chi connectivity index (χ0n) is 11.6. The molecule has 3 nitrogen and oxygen atoms in total. The standard InChI is InChI=1S/C18H16O3/c19-18(20)10-15-7-6-14-8-9-16(11-17(14)15)21-12-13-4-2-1-3-5-13/h1-5,8-11H,6-7,12H2,(H,19,20). The maximum Gasteiger partial charge on any atom is 0.328 e. The summed E-state index contributed by atoms with van der Waals surface area (Å²) in [6.07, 6.45) is 2.98. The van der Waals surface area contributed by atoms with Gasteiger partial charge in [0.15, 0.2) is 0 Å². The second kappa shape index (κ2) is 5.83. The van der Waals surface area contributed by atoms with Crippen molar-refractivity contribution in [1.29, 1.82) is 0 Å². The molecule has 2 aromatic rings. The van der Waals surface area contributed by atoms with Crippen molar-refractivity contribution in [3.63, 3.8) is 0 Å². The molecule has 21 heavy (non-hydrogen) atoms. The Morgan fingerprint density at radius 2 is 1.95 bits per heavy atom. The molecular weight excluding hydrogens is 264 g/mol. The quantitative estimate of drug-likeness (QED) is 0.869. The van der Waals surface area contributed by atoms with Gasteiger partial charge in [-0.1, -0.05) is 36.4 Å². The summed E-state index contributed by atoms with van der Waals surface area (Å²) in [6, 6.07) is 15.9. The van der Waals surface area contributed by atoms with Gasteiger partial charge in [-0.3, -0.25) is 0 Å². The molecule has 0 aromatic heterocycles. The number of carbonyl (C=O) groups is 1. The van der Waals surface area contributed by atoms with E-state index >= 15 is 0 Å². The Bertz CT molecular complexity index is 687. The summed E-state index contributed by atoms with van der Waals surface area (Å²) in [5.74, 6) is -0.121. The number of carboxylic acids is 1. The molecule has 0 radical (unpaired) electrons. The summed E-state index contributed by atoms with van der Waals surface area (Å²) in [6.45, 7) is 0.512. The zero-order chi connectivity index (χ0) is 14.7. The van der Waals surface area contributed by atoms with Gasteiger partial charge in [-0.2, -0.15) is 0 Å². The number of hydrogen-bond donors (Lipinski definition) is 1. The van der Waals surface area contributed by atoms with E-state index in [0.717, 1.165) is 35.3 Å². The molecule has 0 spiro atoms. The molecule has 1 N–H and O–H groups in total. The van der Waals surface area contributed by atoms with Gasteiger partial charge in [0.05, 0.1) is 0 Å². The van der Waals surface area contributed by atoms with Crippen LogP contribution in [0.3, 0.4) is 0 Å². The highest BCUT2D eigenvalue weighted by Crippen LogP contribution is 2.34. The molecule has 0 saturated carbocycles. The molecule has 0 atom stereocenters. The molecule has 0 aliphatic heterocycles. The minimum absolute atomic E-state index is 0.512. The maximum atomic E-state index is 10.9. The van der Waals surface area contributed by atoms with Crippen molar-refractivity contribution in [2.75, 3.05) is 0 Å². The van der Waals surface area contributed by atoms with E-state index in [0.29, 0.717) is 6.61 Å². The van der Waals surface area contributed by atoms with E-state index in [2.05, 4.69) is 0 Å². The highest BCUT2D eigenvalue weighted by Gasteiger charge is 2.17. The van der Waals surface area contributed by atoms with Crippen LogP contribution in [0, 0.1) is 0 Å². The number of aryl methyl sites for hydroxylation is 1. The maximum absolute atomic E-state index is 10.9. The second-order valence-electron chi connectivity index (χ2n) is 5.10. The van der Waals surface area contributed by atoms with Gasteiger partial charge in [0, 0.05) is 6.08 Å². The fourth-order valence-electron chi connectivity index (χ4n) is 2.61. The smallest absolute Gasteiger partial charge is 0.328 e. The van der Waals surface area contributed by atoms with Crippen LogP contribution in [0.4, 0.5) is 0 Å². The highest BCUT2D eigenvalue weighted by molar-refractivity contribution is 5.91. The molecule has 3 rings (SSSR count). The number of ether oxygens (including phenoxy) is 1. The normalized spacial score (nSPS) is 15.0. The molecule has 1 aliphatic rings. The van der Waals surface area contributed by atoms with Gasteiger partial charge in [-0.15, -0.1) is 0 Å². The number of rotatable bonds is 4. The van der Waals surface area contributed by atoms with E-state index in [4.69, 9.17) is 9.84 Å². The van der Waals surface area contributed by atoms with E-state index in [1.807, 2.05) is 48.5 Å². The average molecular weight is 280 g/mol. The average Bonchev–Trinajstić information content (AvgIpc) is 2.88. The molecule has 3 heteroatoms. The SMILES string of the molecule is O=C(O)C=C1CCc2ccc(OCc3ccccc3)cc21. The summed E-state index contributed by atoms with van der Waals surface area (Å²) in [5, 5.41) is 8.91. The first kappa shape index (κ1) is 13.4. The van der Waals surface area contributed by atoms with Crippen molar-refractivity contribution < 1.29 is 14.6 Å². The van der Waals surface area contributed by atoms with Gasteiger partial charge >= 0.3 is 5.97 Å². The van der Waals surface area contributed by atoms with Crippen molar-refractivity contribution in [3.05, 3.63) is 71.3 Å².